The second-order valence-corrected chi connectivity index (χ2v) is 3.62. The van der Waals surface area contributed by atoms with Gasteiger partial charge in [0.2, 0.25) is 0 Å². The molecule has 3 heteroatoms. The van der Waals surface area contributed by atoms with Gasteiger partial charge in [0.15, 0.2) is 0 Å². The number of likely N-dealkylation sites (N-methyl/N-ethyl adjacent to an activating group) is 1. The second-order valence-electron chi connectivity index (χ2n) is 3.62. The molecular weight excluding hydrogens is 179 g/mol. The molecule has 0 radical (unpaired) electrons. The lowest BCUT2D eigenvalue weighted by atomic mass is 10.1. The van der Waals surface area contributed by atoms with Crippen molar-refractivity contribution in [1.29, 1.82) is 0 Å². The monoisotopic (exact) mass is 194 g/mol. The Kier molecular flexibility index (Phi) is 2.42. The molecule has 0 amide bonds. The van der Waals surface area contributed by atoms with E-state index in [1.807, 2.05) is 6.07 Å². The van der Waals surface area contributed by atoms with Crippen LogP contribution in [-0.2, 0) is 6.42 Å². The first-order valence-electron chi connectivity index (χ1n) is 5.02. The van der Waals surface area contributed by atoms with E-state index in [-0.39, 0.29) is 11.9 Å². The summed E-state index contributed by atoms with van der Waals surface area (Å²) in [5.74, 6) is -0.100. The third-order valence-electron chi connectivity index (χ3n) is 2.90. The van der Waals surface area contributed by atoms with Crippen molar-refractivity contribution in [2.45, 2.75) is 19.4 Å². The predicted octanol–water partition coefficient (Wildman–Crippen LogP) is 1.54. The van der Waals surface area contributed by atoms with Crippen molar-refractivity contribution in [2.75, 3.05) is 18.0 Å². The highest BCUT2D eigenvalue weighted by Crippen LogP contribution is 2.32. The van der Waals surface area contributed by atoms with Gasteiger partial charge in [0.1, 0.15) is 5.82 Å². The summed E-state index contributed by atoms with van der Waals surface area (Å²) < 4.78 is 13.4. The third-order valence-corrected chi connectivity index (χ3v) is 2.90. The maximum absolute atomic E-state index is 13.4. The van der Waals surface area contributed by atoms with E-state index in [1.165, 1.54) is 6.07 Å². The first-order valence-corrected chi connectivity index (χ1v) is 5.02. The molecule has 0 aliphatic carbocycles. The molecule has 1 unspecified atom stereocenters. The zero-order valence-corrected chi connectivity index (χ0v) is 8.33. The summed E-state index contributed by atoms with van der Waals surface area (Å²) in [5, 5.41) is 0. The van der Waals surface area contributed by atoms with Crippen LogP contribution in [0.3, 0.4) is 0 Å². The quantitative estimate of drug-likeness (QED) is 0.773. The van der Waals surface area contributed by atoms with Crippen molar-refractivity contribution in [3.63, 3.8) is 0 Å². The molecule has 0 saturated carbocycles. The number of benzene rings is 1. The summed E-state index contributed by atoms with van der Waals surface area (Å²) in [5.41, 5.74) is 7.51. The second kappa shape index (κ2) is 3.58. The molecule has 14 heavy (non-hydrogen) atoms. The number of nitrogens with zero attached hydrogens (tertiary/aromatic N) is 1. The normalized spacial score (nSPS) is 19.9. The number of anilines is 1. The summed E-state index contributed by atoms with van der Waals surface area (Å²) in [6, 6.07) is 5.52. The highest BCUT2D eigenvalue weighted by molar-refractivity contribution is 5.59. The lowest BCUT2D eigenvalue weighted by Gasteiger charge is -2.24. The fourth-order valence-electron chi connectivity index (χ4n) is 2.20. The molecule has 1 aromatic rings. The predicted molar refractivity (Wildman–Crippen MR) is 56.0 cm³/mol. The van der Waals surface area contributed by atoms with Gasteiger partial charge in [-0.25, -0.2) is 4.39 Å². The van der Waals surface area contributed by atoms with Gasteiger partial charge in [0.25, 0.3) is 0 Å². The van der Waals surface area contributed by atoms with Gasteiger partial charge in [-0.1, -0.05) is 6.07 Å². The smallest absolute Gasteiger partial charge is 0.128 e. The summed E-state index contributed by atoms with van der Waals surface area (Å²) in [4.78, 5) is 2.18. The third kappa shape index (κ3) is 1.28. The number of rotatable bonds is 2. The summed E-state index contributed by atoms with van der Waals surface area (Å²) in [7, 11) is 0. The Bertz CT molecular complexity index is 338. The Morgan fingerprint density at radius 1 is 1.57 bits per heavy atom. The van der Waals surface area contributed by atoms with E-state index in [0.29, 0.717) is 6.54 Å². The first-order chi connectivity index (χ1) is 6.77. The summed E-state index contributed by atoms with van der Waals surface area (Å²) >= 11 is 0. The van der Waals surface area contributed by atoms with Gasteiger partial charge in [-0.2, -0.15) is 0 Å². The molecule has 1 aliphatic rings. The maximum Gasteiger partial charge on any atom is 0.128 e. The Morgan fingerprint density at radius 2 is 2.36 bits per heavy atom. The fourth-order valence-corrected chi connectivity index (χ4v) is 2.20. The molecule has 2 N–H and O–H groups in total. The Balaban J connectivity index is 2.42. The first kappa shape index (κ1) is 9.46. The molecular formula is C11H15FN2. The van der Waals surface area contributed by atoms with Crippen molar-refractivity contribution < 1.29 is 4.39 Å². The number of nitrogens with two attached hydrogens (primary N) is 1. The average molecular weight is 194 g/mol. The minimum Gasteiger partial charge on any atom is -0.367 e. The SMILES string of the molecule is CCN1c2cccc(F)c2CC1CN. The van der Waals surface area contributed by atoms with Gasteiger partial charge >= 0.3 is 0 Å². The molecule has 1 aromatic carbocycles. The van der Waals surface area contributed by atoms with Crippen molar-refractivity contribution in [3.05, 3.63) is 29.6 Å². The molecule has 2 rings (SSSR count). The van der Waals surface area contributed by atoms with Crippen LogP contribution in [0.2, 0.25) is 0 Å². The lowest BCUT2D eigenvalue weighted by Crippen LogP contribution is -2.37. The van der Waals surface area contributed by atoms with E-state index in [0.717, 1.165) is 24.2 Å². The number of hydrogen-bond donors (Lipinski definition) is 1. The molecule has 0 aromatic heterocycles. The Labute approximate surface area is 83.5 Å². The molecule has 0 fully saturated rings. The molecule has 0 spiro atoms. The van der Waals surface area contributed by atoms with Crippen LogP contribution in [0.15, 0.2) is 18.2 Å². The lowest BCUT2D eigenvalue weighted by molar-refractivity contribution is 0.599. The molecule has 0 bridgehead atoms. The molecule has 1 aliphatic heterocycles. The van der Waals surface area contributed by atoms with Crippen molar-refractivity contribution >= 4 is 5.69 Å². The number of halogens is 1. The highest BCUT2D eigenvalue weighted by Gasteiger charge is 2.28. The van der Waals surface area contributed by atoms with Gasteiger partial charge in [-0.05, 0) is 25.5 Å². The molecule has 0 saturated heterocycles. The van der Waals surface area contributed by atoms with E-state index in [4.69, 9.17) is 5.73 Å². The van der Waals surface area contributed by atoms with Crippen LogP contribution in [-0.4, -0.2) is 19.1 Å². The van der Waals surface area contributed by atoms with E-state index in [9.17, 15) is 4.39 Å². The topological polar surface area (TPSA) is 29.3 Å². The van der Waals surface area contributed by atoms with Crippen LogP contribution in [0.25, 0.3) is 0 Å². The van der Waals surface area contributed by atoms with Crippen molar-refractivity contribution in [1.82, 2.24) is 0 Å². The number of hydrogen-bond acceptors (Lipinski definition) is 2. The minimum absolute atomic E-state index is 0.100. The standard InChI is InChI=1S/C11H15FN2/c1-2-14-8(7-13)6-9-10(12)4-3-5-11(9)14/h3-5,8H,2,6-7,13H2,1H3. The van der Waals surface area contributed by atoms with E-state index < -0.39 is 0 Å². The van der Waals surface area contributed by atoms with Gasteiger partial charge in [-0.3, -0.25) is 0 Å². The van der Waals surface area contributed by atoms with Crippen LogP contribution in [0.1, 0.15) is 12.5 Å². The van der Waals surface area contributed by atoms with E-state index in [1.54, 1.807) is 6.07 Å². The zero-order valence-electron chi connectivity index (χ0n) is 8.33. The number of fused-ring (bicyclic) bond motifs is 1. The molecule has 2 nitrogen and oxygen atoms in total. The maximum atomic E-state index is 13.4. The fraction of sp³-hybridized carbons (Fsp3) is 0.455. The highest BCUT2D eigenvalue weighted by atomic mass is 19.1. The summed E-state index contributed by atoms with van der Waals surface area (Å²) in [6.07, 6.45) is 0.742. The van der Waals surface area contributed by atoms with Crippen LogP contribution >= 0.6 is 0 Å². The average Bonchev–Trinajstić information content (AvgIpc) is 2.57. The minimum atomic E-state index is -0.100. The van der Waals surface area contributed by atoms with Gasteiger partial charge in [0, 0.05) is 30.4 Å². The molecule has 76 valence electrons. The molecule has 1 atom stereocenters. The van der Waals surface area contributed by atoms with Crippen molar-refractivity contribution in [3.8, 4) is 0 Å². The molecule has 1 heterocycles. The largest absolute Gasteiger partial charge is 0.367 e. The van der Waals surface area contributed by atoms with Crippen LogP contribution in [0.5, 0.6) is 0 Å². The Morgan fingerprint density at radius 3 is 3.00 bits per heavy atom. The Hall–Kier alpha value is -1.09. The van der Waals surface area contributed by atoms with Gasteiger partial charge in [-0.15, -0.1) is 0 Å². The van der Waals surface area contributed by atoms with Crippen LogP contribution in [0.4, 0.5) is 10.1 Å². The van der Waals surface area contributed by atoms with E-state index in [2.05, 4.69) is 11.8 Å². The zero-order chi connectivity index (χ0) is 10.1. The van der Waals surface area contributed by atoms with Crippen LogP contribution in [0, 0.1) is 5.82 Å². The van der Waals surface area contributed by atoms with Crippen LogP contribution < -0.4 is 10.6 Å². The summed E-state index contributed by atoms with van der Waals surface area (Å²) in [6.45, 7) is 3.54. The van der Waals surface area contributed by atoms with E-state index >= 15 is 0 Å². The van der Waals surface area contributed by atoms with Gasteiger partial charge in [0.05, 0.1) is 0 Å². The van der Waals surface area contributed by atoms with Crippen molar-refractivity contribution in [2.24, 2.45) is 5.73 Å². The van der Waals surface area contributed by atoms with Gasteiger partial charge < -0.3 is 10.6 Å².